The molecule has 1 aliphatic carbocycles. The first-order valence-corrected chi connectivity index (χ1v) is 13.7. The van der Waals surface area contributed by atoms with Gasteiger partial charge < -0.3 is 15.7 Å². The normalized spacial score (nSPS) is 20.1. The second-order valence-corrected chi connectivity index (χ2v) is 11.6. The molecule has 38 heavy (non-hydrogen) atoms. The van der Waals surface area contributed by atoms with E-state index < -0.39 is 28.2 Å². The molecule has 1 atom stereocenters. The molecule has 0 bridgehead atoms. The predicted molar refractivity (Wildman–Crippen MR) is 136 cm³/mol. The van der Waals surface area contributed by atoms with Crippen LogP contribution >= 0.6 is 0 Å². The number of anilines is 1. The molecule has 2 aromatic rings. The molecule has 5 rings (SSSR count). The maximum Gasteiger partial charge on any atom is 0.389 e. The van der Waals surface area contributed by atoms with Gasteiger partial charge in [0.05, 0.1) is 17.2 Å². The van der Waals surface area contributed by atoms with Crippen molar-refractivity contribution in [3.63, 3.8) is 0 Å². The Bertz CT molecular complexity index is 1430. The van der Waals surface area contributed by atoms with Gasteiger partial charge in [-0.15, -0.1) is 0 Å². The summed E-state index contributed by atoms with van der Waals surface area (Å²) in [6.45, 7) is 0.436. The van der Waals surface area contributed by atoms with Gasteiger partial charge in [-0.25, -0.2) is 13.4 Å². The SMILES string of the molecule is NC1=Nc2c(cccc2S(=O)(=O)Nc2ccc(C(=O)N3CCC(O)(CCCC(F)(F)F)CC3)cc2)C2=CC21. The Hall–Kier alpha value is -3.38. The minimum absolute atomic E-state index is 0.000361. The van der Waals surface area contributed by atoms with Crippen LogP contribution in [0.2, 0.25) is 0 Å². The lowest BCUT2D eigenvalue weighted by atomic mass is 9.86. The first kappa shape index (κ1) is 26.2. The van der Waals surface area contributed by atoms with Gasteiger partial charge in [-0.2, -0.15) is 13.2 Å². The third kappa shape index (κ3) is 5.41. The van der Waals surface area contributed by atoms with Gasteiger partial charge in [-0.1, -0.05) is 18.2 Å². The van der Waals surface area contributed by atoms with Crippen LogP contribution in [0.1, 0.15) is 48.0 Å². The number of aliphatic hydroxyl groups is 1. The number of para-hydroxylation sites is 1. The van der Waals surface area contributed by atoms with Crippen LogP contribution in [0.25, 0.3) is 5.57 Å². The molecule has 1 unspecified atom stereocenters. The van der Waals surface area contributed by atoms with Crippen molar-refractivity contribution in [1.29, 1.82) is 0 Å². The number of fused-ring (bicyclic) bond motifs is 3. The van der Waals surface area contributed by atoms with Crippen LogP contribution in [-0.4, -0.2) is 55.0 Å². The second-order valence-electron chi connectivity index (χ2n) is 9.96. The van der Waals surface area contributed by atoms with Crippen LogP contribution in [0, 0.1) is 5.92 Å². The van der Waals surface area contributed by atoms with Gasteiger partial charge in [0.1, 0.15) is 10.7 Å². The van der Waals surface area contributed by atoms with Crippen molar-refractivity contribution >= 4 is 38.7 Å². The molecular formula is C26H27F3N4O4S. The Balaban J connectivity index is 1.21. The zero-order chi connectivity index (χ0) is 27.3. The number of benzene rings is 2. The number of likely N-dealkylation sites (tertiary alicyclic amines) is 1. The summed E-state index contributed by atoms with van der Waals surface area (Å²) in [6.07, 6.45) is -3.00. The second kappa shape index (κ2) is 9.42. The quantitative estimate of drug-likeness (QED) is 0.478. The van der Waals surface area contributed by atoms with E-state index in [1.165, 1.54) is 35.2 Å². The number of aliphatic imine (C=N–C) groups is 1. The molecule has 4 N–H and O–H groups in total. The van der Waals surface area contributed by atoms with Crippen molar-refractivity contribution in [2.45, 2.75) is 48.8 Å². The lowest BCUT2D eigenvalue weighted by Crippen LogP contribution is -2.46. The largest absolute Gasteiger partial charge is 0.390 e. The highest BCUT2D eigenvalue weighted by Gasteiger charge is 2.38. The Morgan fingerprint density at radius 1 is 1.16 bits per heavy atom. The number of amidine groups is 1. The number of nitrogens with one attached hydrogen (secondary N) is 1. The number of hydrogen-bond donors (Lipinski definition) is 3. The van der Waals surface area contributed by atoms with E-state index in [9.17, 15) is 31.5 Å². The summed E-state index contributed by atoms with van der Waals surface area (Å²) in [7, 11) is -4.00. The molecule has 0 radical (unpaired) electrons. The van der Waals surface area contributed by atoms with Crippen LogP contribution in [0.4, 0.5) is 24.5 Å². The molecule has 2 aliphatic heterocycles. The summed E-state index contributed by atoms with van der Waals surface area (Å²) in [5, 5.41) is 10.6. The number of nitrogens with two attached hydrogens (primary N) is 1. The third-order valence-electron chi connectivity index (χ3n) is 7.20. The smallest absolute Gasteiger partial charge is 0.389 e. The fraction of sp³-hybridized carbons (Fsp3) is 0.385. The highest BCUT2D eigenvalue weighted by molar-refractivity contribution is 7.92. The number of alkyl halides is 3. The fourth-order valence-corrected chi connectivity index (χ4v) is 6.21. The number of sulfonamides is 1. The van der Waals surface area contributed by atoms with Gasteiger partial charge in [-0.3, -0.25) is 9.52 Å². The Morgan fingerprint density at radius 2 is 1.84 bits per heavy atom. The van der Waals surface area contributed by atoms with Crippen molar-refractivity contribution in [3.8, 4) is 0 Å². The lowest BCUT2D eigenvalue weighted by Gasteiger charge is -2.38. The molecule has 12 heteroatoms. The molecule has 2 aromatic carbocycles. The third-order valence-corrected chi connectivity index (χ3v) is 8.61. The Morgan fingerprint density at radius 3 is 2.50 bits per heavy atom. The molecule has 0 aromatic heterocycles. The van der Waals surface area contributed by atoms with E-state index in [1.807, 2.05) is 6.08 Å². The molecule has 8 nitrogen and oxygen atoms in total. The highest BCUT2D eigenvalue weighted by Crippen LogP contribution is 2.48. The molecule has 3 aliphatic rings. The standard InChI is InChI=1S/C26H27F3N4O4S/c27-26(28,29)10-2-9-25(35)11-13-33(14-12-25)24(34)16-5-7-17(8-6-16)32-38(36,37)21-4-1-3-18-19-15-20(19)23(30)31-22(18)21/h1,3-8,15,20,32,35H,2,9-14H2,(H2,30,31). The van der Waals surface area contributed by atoms with Gasteiger partial charge in [-0.05, 0) is 61.6 Å². The first-order chi connectivity index (χ1) is 17.9. The zero-order valence-electron chi connectivity index (χ0n) is 20.3. The number of carbonyl (C=O) groups is 1. The summed E-state index contributed by atoms with van der Waals surface area (Å²) < 4.78 is 66.1. The minimum atomic E-state index is -4.26. The van der Waals surface area contributed by atoms with E-state index in [-0.39, 0.29) is 61.2 Å². The van der Waals surface area contributed by atoms with Crippen molar-refractivity contribution in [2.75, 3.05) is 17.8 Å². The molecular weight excluding hydrogens is 521 g/mol. The molecule has 0 saturated carbocycles. The van der Waals surface area contributed by atoms with E-state index in [4.69, 9.17) is 5.73 Å². The maximum atomic E-state index is 13.2. The van der Waals surface area contributed by atoms with Crippen LogP contribution in [0.5, 0.6) is 0 Å². The van der Waals surface area contributed by atoms with E-state index in [0.717, 1.165) is 11.1 Å². The van der Waals surface area contributed by atoms with Crippen molar-refractivity contribution in [2.24, 2.45) is 16.6 Å². The van der Waals surface area contributed by atoms with E-state index in [1.54, 1.807) is 12.1 Å². The number of carbonyl (C=O) groups excluding carboxylic acids is 1. The molecule has 1 saturated heterocycles. The molecule has 1 fully saturated rings. The van der Waals surface area contributed by atoms with Gasteiger partial charge in [0.25, 0.3) is 15.9 Å². The molecule has 2 heterocycles. The van der Waals surface area contributed by atoms with E-state index in [2.05, 4.69) is 9.71 Å². The van der Waals surface area contributed by atoms with Crippen molar-refractivity contribution in [1.82, 2.24) is 4.90 Å². The monoisotopic (exact) mass is 548 g/mol. The number of halogens is 3. The molecule has 0 spiro atoms. The summed E-state index contributed by atoms with van der Waals surface area (Å²) >= 11 is 0. The Labute approximate surface area is 218 Å². The average Bonchev–Trinajstić information content (AvgIpc) is 3.65. The molecule has 202 valence electrons. The van der Waals surface area contributed by atoms with Gasteiger partial charge >= 0.3 is 6.18 Å². The number of piperidine rings is 1. The van der Waals surface area contributed by atoms with Crippen LogP contribution in [-0.2, 0) is 10.0 Å². The molecule has 1 amide bonds. The van der Waals surface area contributed by atoms with E-state index in [0.29, 0.717) is 17.1 Å². The topological polar surface area (TPSA) is 125 Å². The minimum Gasteiger partial charge on any atom is -0.390 e. The summed E-state index contributed by atoms with van der Waals surface area (Å²) in [4.78, 5) is 18.8. The summed E-state index contributed by atoms with van der Waals surface area (Å²) in [5.74, 6) is 0.0306. The highest BCUT2D eigenvalue weighted by atomic mass is 32.2. The zero-order valence-corrected chi connectivity index (χ0v) is 21.1. The van der Waals surface area contributed by atoms with Gasteiger partial charge in [0.15, 0.2) is 0 Å². The van der Waals surface area contributed by atoms with Crippen molar-refractivity contribution in [3.05, 3.63) is 59.7 Å². The first-order valence-electron chi connectivity index (χ1n) is 12.3. The number of amides is 1. The number of rotatable bonds is 7. The van der Waals surface area contributed by atoms with Crippen LogP contribution < -0.4 is 10.5 Å². The maximum absolute atomic E-state index is 13.2. The predicted octanol–water partition coefficient (Wildman–Crippen LogP) is 4.20. The van der Waals surface area contributed by atoms with Gasteiger partial charge in [0.2, 0.25) is 0 Å². The lowest BCUT2D eigenvalue weighted by molar-refractivity contribution is -0.138. The van der Waals surface area contributed by atoms with Gasteiger partial charge in [0, 0.05) is 36.3 Å². The average molecular weight is 549 g/mol. The van der Waals surface area contributed by atoms with Crippen LogP contribution in [0.15, 0.2) is 58.4 Å². The fourth-order valence-electron chi connectivity index (χ4n) is 4.99. The number of hydrogen-bond acceptors (Lipinski definition) is 6. The van der Waals surface area contributed by atoms with Crippen molar-refractivity contribution < 1.29 is 31.5 Å². The number of nitrogens with zero attached hydrogens (tertiary/aromatic N) is 2. The van der Waals surface area contributed by atoms with E-state index >= 15 is 0 Å². The summed E-state index contributed by atoms with van der Waals surface area (Å²) in [6, 6.07) is 10.9. The summed E-state index contributed by atoms with van der Waals surface area (Å²) in [5.41, 5.74) is 7.32. The van der Waals surface area contributed by atoms with Crippen LogP contribution in [0.3, 0.4) is 0 Å². The Kier molecular flexibility index (Phi) is 6.50.